The number of hydrogen-bond donors (Lipinski definition) is 2. The standard InChI is InChI=1S/2C14H20F2N.2C5H5.Ti/c2*1-3-5-6-11(4-2)10-17-14-8-7-12(15)9-13(14)16;2*1-2-4-5-3-1;/h2*7-8,11,17H,3-6,10H2,1-2H3;2*1-5H;/q4*-1;+4. The van der Waals surface area contributed by atoms with Crippen LogP contribution >= 0.6 is 0 Å². The van der Waals surface area contributed by atoms with E-state index in [1.54, 1.807) is 0 Å². The van der Waals surface area contributed by atoms with E-state index in [1.165, 1.54) is 49.9 Å². The van der Waals surface area contributed by atoms with Crippen LogP contribution in [0.2, 0.25) is 0 Å². The average Bonchev–Trinajstić information content (AvgIpc) is 3.80. The first-order valence-electron chi connectivity index (χ1n) is 15.9. The monoisotopic (exact) mass is 658 g/mol. The van der Waals surface area contributed by atoms with Crippen LogP contribution in [0.15, 0.2) is 84.9 Å². The summed E-state index contributed by atoms with van der Waals surface area (Å²) in [6.07, 6.45) is 9.17. The molecule has 2 nitrogen and oxygen atoms in total. The number of nitrogens with one attached hydrogen (secondary N) is 2. The Kier molecular flexibility index (Phi) is 25.8. The molecule has 2 atom stereocenters. The molecular formula is C38H50F4N2Ti. The molecule has 2 N–H and O–H groups in total. The van der Waals surface area contributed by atoms with Gasteiger partial charge < -0.3 is 10.6 Å². The van der Waals surface area contributed by atoms with Gasteiger partial charge in [-0.25, -0.2) is 41.8 Å². The van der Waals surface area contributed by atoms with E-state index in [4.69, 9.17) is 0 Å². The number of anilines is 2. The van der Waals surface area contributed by atoms with Gasteiger partial charge in [-0.15, -0.1) is 36.4 Å². The van der Waals surface area contributed by atoms with Crippen LogP contribution in [-0.2, 0) is 21.7 Å². The third-order valence-corrected chi connectivity index (χ3v) is 7.08. The van der Waals surface area contributed by atoms with Crippen LogP contribution in [-0.4, -0.2) is 13.1 Å². The largest absolute Gasteiger partial charge is 4.00 e. The summed E-state index contributed by atoms with van der Waals surface area (Å²) in [5.41, 5.74) is 0.669. The molecule has 0 saturated heterocycles. The van der Waals surface area contributed by atoms with E-state index < -0.39 is 23.3 Å². The summed E-state index contributed by atoms with van der Waals surface area (Å²) in [6, 6.07) is 29.3. The molecule has 2 unspecified atom stereocenters. The van der Waals surface area contributed by atoms with Crippen LogP contribution in [0.25, 0.3) is 0 Å². The minimum Gasteiger partial charge on any atom is -0.434 e. The Balaban J connectivity index is 0.000000644. The maximum Gasteiger partial charge on any atom is 4.00 e. The molecule has 0 bridgehead atoms. The summed E-state index contributed by atoms with van der Waals surface area (Å²) in [5, 5.41) is 6.05. The van der Waals surface area contributed by atoms with Gasteiger partial charge in [0, 0.05) is 36.4 Å². The molecule has 0 heterocycles. The molecule has 45 heavy (non-hydrogen) atoms. The van der Waals surface area contributed by atoms with E-state index >= 15 is 0 Å². The topological polar surface area (TPSA) is 24.1 Å². The molecule has 4 rings (SSSR count). The van der Waals surface area contributed by atoms with Crippen molar-refractivity contribution in [3.8, 4) is 0 Å². The second-order valence-electron chi connectivity index (χ2n) is 10.6. The van der Waals surface area contributed by atoms with Gasteiger partial charge in [-0.2, -0.15) is 36.4 Å². The van der Waals surface area contributed by atoms with E-state index in [9.17, 15) is 17.6 Å². The number of hydrogen-bond acceptors (Lipinski definition) is 2. The molecule has 7 heteroatoms. The van der Waals surface area contributed by atoms with Crippen LogP contribution in [0.1, 0.15) is 79.1 Å². The van der Waals surface area contributed by atoms with Gasteiger partial charge in [-0.05, 0) is 36.1 Å². The van der Waals surface area contributed by atoms with Gasteiger partial charge in [-0.3, -0.25) is 0 Å². The molecule has 0 aliphatic rings. The maximum absolute atomic E-state index is 13.3. The van der Waals surface area contributed by atoms with Crippen molar-refractivity contribution >= 4 is 11.4 Å². The average molecular weight is 659 g/mol. The van der Waals surface area contributed by atoms with Crippen LogP contribution in [0.3, 0.4) is 0 Å². The molecule has 0 aromatic heterocycles. The molecule has 0 radical (unpaired) electrons. The quantitative estimate of drug-likeness (QED) is 0.0800. The minimum absolute atomic E-state index is 0. The summed E-state index contributed by atoms with van der Waals surface area (Å²) in [7, 11) is 0. The smallest absolute Gasteiger partial charge is 0.434 e. The van der Waals surface area contributed by atoms with E-state index in [0.717, 1.165) is 38.8 Å². The van der Waals surface area contributed by atoms with Crippen LogP contribution < -0.4 is 10.6 Å². The van der Waals surface area contributed by atoms with Gasteiger partial charge in [0.2, 0.25) is 0 Å². The molecule has 4 aromatic rings. The fourth-order valence-corrected chi connectivity index (χ4v) is 4.20. The molecule has 0 amide bonds. The van der Waals surface area contributed by atoms with Gasteiger partial charge >= 0.3 is 21.7 Å². The zero-order valence-electron chi connectivity index (χ0n) is 27.3. The summed E-state index contributed by atoms with van der Waals surface area (Å²) < 4.78 is 51.9. The summed E-state index contributed by atoms with van der Waals surface area (Å²) in [6.45, 7) is 10.0. The van der Waals surface area contributed by atoms with Gasteiger partial charge in [0.1, 0.15) is 0 Å². The Hall–Kier alpha value is -2.83. The van der Waals surface area contributed by atoms with Crippen molar-refractivity contribution in [3.05, 3.63) is 120 Å². The molecule has 4 aromatic carbocycles. The van der Waals surface area contributed by atoms with Crippen molar-refractivity contribution < 1.29 is 39.3 Å². The number of unbranched alkanes of at least 4 members (excludes halogenated alkanes) is 2. The van der Waals surface area contributed by atoms with Gasteiger partial charge in [0.15, 0.2) is 0 Å². The van der Waals surface area contributed by atoms with Crippen molar-refractivity contribution in [2.45, 2.75) is 79.1 Å². The van der Waals surface area contributed by atoms with Gasteiger partial charge in [0.05, 0.1) is 0 Å². The third kappa shape index (κ3) is 20.8. The van der Waals surface area contributed by atoms with E-state index in [0.29, 0.717) is 23.2 Å². The normalized spacial score (nSPS) is 11.2. The fourth-order valence-electron chi connectivity index (χ4n) is 4.20. The molecule has 244 valence electrons. The summed E-state index contributed by atoms with van der Waals surface area (Å²) in [4.78, 5) is 0. The van der Waals surface area contributed by atoms with Crippen molar-refractivity contribution in [1.29, 1.82) is 0 Å². The molecule has 0 spiro atoms. The third-order valence-electron chi connectivity index (χ3n) is 7.08. The van der Waals surface area contributed by atoms with Crippen molar-refractivity contribution in [3.63, 3.8) is 0 Å². The van der Waals surface area contributed by atoms with Crippen LogP contribution in [0, 0.1) is 47.2 Å². The second-order valence-corrected chi connectivity index (χ2v) is 10.6. The molecule has 0 aliphatic heterocycles. The predicted octanol–water partition coefficient (Wildman–Crippen LogP) is 11.6. The van der Waals surface area contributed by atoms with E-state index in [2.05, 4.69) is 38.3 Å². The van der Waals surface area contributed by atoms with Crippen LogP contribution in [0.5, 0.6) is 0 Å². The van der Waals surface area contributed by atoms with Gasteiger partial charge in [0.25, 0.3) is 0 Å². The molecule has 0 fully saturated rings. The zero-order valence-corrected chi connectivity index (χ0v) is 28.9. The first-order chi connectivity index (χ1) is 21.3. The number of benzene rings is 2. The minimum atomic E-state index is -0.661. The maximum atomic E-state index is 13.3. The Morgan fingerprint density at radius 2 is 0.956 bits per heavy atom. The Labute approximate surface area is 284 Å². The first-order valence-corrected chi connectivity index (χ1v) is 15.9. The van der Waals surface area contributed by atoms with Gasteiger partial charge in [-0.1, -0.05) is 66.2 Å². The van der Waals surface area contributed by atoms with Crippen molar-refractivity contribution in [2.75, 3.05) is 23.7 Å². The zero-order chi connectivity index (χ0) is 32.4. The fraction of sp³-hybridized carbons (Fsp3) is 0.421. The first kappa shape index (κ1) is 42.2. The van der Waals surface area contributed by atoms with Crippen LogP contribution in [0.4, 0.5) is 28.9 Å². The number of halogens is 4. The second kappa shape index (κ2) is 27.5. The number of rotatable bonds is 14. The Bertz CT molecular complexity index is 1050. The van der Waals surface area contributed by atoms with E-state index in [-0.39, 0.29) is 21.7 Å². The Morgan fingerprint density at radius 3 is 1.20 bits per heavy atom. The Morgan fingerprint density at radius 1 is 0.600 bits per heavy atom. The molecular weight excluding hydrogens is 608 g/mol. The van der Waals surface area contributed by atoms with Crippen molar-refractivity contribution in [2.24, 2.45) is 11.8 Å². The summed E-state index contributed by atoms with van der Waals surface area (Å²) in [5.74, 6) is -1.53. The summed E-state index contributed by atoms with van der Waals surface area (Å²) >= 11 is 0. The molecule has 0 aliphatic carbocycles. The van der Waals surface area contributed by atoms with Crippen molar-refractivity contribution in [1.82, 2.24) is 0 Å². The molecule has 0 saturated carbocycles. The predicted molar refractivity (Wildman–Crippen MR) is 178 cm³/mol. The SMILES string of the molecule is CCCCC(CC)CNc1ccc(F)[c-]c1F.CCCCC(CC)CNc1ccc(F)[c-]c1F.[Ti+4].c1cc[cH-]c1.c1cc[cH-]c1. The van der Waals surface area contributed by atoms with E-state index in [1.807, 2.05) is 72.8 Å².